The Labute approximate surface area is 142 Å². The van der Waals surface area contributed by atoms with E-state index in [0.29, 0.717) is 10.9 Å². The molecule has 3 aromatic rings. The minimum absolute atomic E-state index is 0.0144. The fourth-order valence-corrected chi connectivity index (χ4v) is 2.71. The molecule has 0 spiro atoms. The third-order valence-electron chi connectivity index (χ3n) is 3.96. The molecule has 0 unspecified atom stereocenters. The van der Waals surface area contributed by atoms with Gasteiger partial charge in [-0.05, 0) is 30.7 Å². The Hall–Kier alpha value is -3.02. The molecule has 4 nitrogen and oxygen atoms in total. The fourth-order valence-electron chi connectivity index (χ4n) is 2.71. The Bertz CT molecular complexity index is 962. The molecule has 128 valence electrons. The number of halogens is 2. The van der Waals surface area contributed by atoms with Crippen molar-refractivity contribution in [2.75, 3.05) is 6.54 Å². The van der Waals surface area contributed by atoms with Gasteiger partial charge in [-0.25, -0.2) is 8.78 Å². The lowest BCUT2D eigenvalue weighted by Crippen LogP contribution is -2.30. The number of hydrogen-bond donors (Lipinski definition) is 1. The number of benzene rings is 2. The van der Waals surface area contributed by atoms with Crippen LogP contribution in [0.15, 0.2) is 59.5 Å². The number of amides is 1. The number of rotatable bonds is 5. The van der Waals surface area contributed by atoms with E-state index >= 15 is 0 Å². The van der Waals surface area contributed by atoms with E-state index < -0.39 is 11.6 Å². The molecule has 2 aromatic carbocycles. The van der Waals surface area contributed by atoms with E-state index in [0.717, 1.165) is 0 Å². The molecular weight excluding hydrogens is 326 g/mol. The van der Waals surface area contributed by atoms with Gasteiger partial charge < -0.3 is 9.88 Å². The first-order valence-electron chi connectivity index (χ1n) is 7.84. The van der Waals surface area contributed by atoms with Crippen molar-refractivity contribution in [1.82, 2.24) is 9.88 Å². The maximum Gasteiger partial charge on any atom is 0.239 e. The number of fused-ring (bicyclic) bond motifs is 1. The smallest absolute Gasteiger partial charge is 0.239 e. The molecular formula is C19H16F2N2O2. The Morgan fingerprint density at radius 1 is 1.00 bits per heavy atom. The van der Waals surface area contributed by atoms with Crippen molar-refractivity contribution in [3.05, 3.63) is 82.1 Å². The first-order valence-corrected chi connectivity index (χ1v) is 7.84. The van der Waals surface area contributed by atoms with Gasteiger partial charge in [0.1, 0.15) is 18.2 Å². The molecule has 0 saturated carbocycles. The van der Waals surface area contributed by atoms with Crippen LogP contribution in [0.2, 0.25) is 0 Å². The van der Waals surface area contributed by atoms with E-state index in [-0.39, 0.29) is 36.4 Å². The number of nitrogens with zero attached hydrogens (tertiary/aromatic N) is 1. The molecule has 0 aliphatic carbocycles. The van der Waals surface area contributed by atoms with E-state index in [9.17, 15) is 18.4 Å². The molecule has 25 heavy (non-hydrogen) atoms. The van der Waals surface area contributed by atoms with Crippen LogP contribution in [0, 0.1) is 11.6 Å². The van der Waals surface area contributed by atoms with Crippen molar-refractivity contribution >= 4 is 16.8 Å². The second-order valence-corrected chi connectivity index (χ2v) is 5.63. The molecule has 0 atom stereocenters. The van der Waals surface area contributed by atoms with Crippen LogP contribution < -0.4 is 10.7 Å². The molecule has 0 aliphatic heterocycles. The molecule has 1 heterocycles. The molecule has 6 heteroatoms. The Morgan fingerprint density at radius 3 is 2.48 bits per heavy atom. The average molecular weight is 342 g/mol. The van der Waals surface area contributed by atoms with E-state index in [1.165, 1.54) is 24.3 Å². The van der Waals surface area contributed by atoms with Crippen molar-refractivity contribution in [1.29, 1.82) is 0 Å². The van der Waals surface area contributed by atoms with E-state index in [1.54, 1.807) is 35.0 Å². The first kappa shape index (κ1) is 16.8. The van der Waals surface area contributed by atoms with Crippen molar-refractivity contribution in [3.8, 4) is 0 Å². The highest BCUT2D eigenvalue weighted by Crippen LogP contribution is 2.12. The van der Waals surface area contributed by atoms with Crippen LogP contribution in [0.4, 0.5) is 8.78 Å². The summed E-state index contributed by atoms with van der Waals surface area (Å²) in [7, 11) is 0. The Kier molecular flexibility index (Phi) is 4.88. The number of nitrogens with one attached hydrogen (secondary N) is 1. The van der Waals surface area contributed by atoms with Crippen molar-refractivity contribution in [3.63, 3.8) is 0 Å². The molecule has 1 aromatic heterocycles. The lowest BCUT2D eigenvalue weighted by atomic mass is 10.1. The maximum absolute atomic E-state index is 13.5. The van der Waals surface area contributed by atoms with Gasteiger partial charge in [-0.2, -0.15) is 0 Å². The third-order valence-corrected chi connectivity index (χ3v) is 3.96. The lowest BCUT2D eigenvalue weighted by Gasteiger charge is -2.11. The summed E-state index contributed by atoms with van der Waals surface area (Å²) in [6.45, 7) is 0.134. The largest absolute Gasteiger partial charge is 0.354 e. The second-order valence-electron chi connectivity index (χ2n) is 5.63. The number of pyridine rings is 1. The van der Waals surface area contributed by atoms with Crippen molar-refractivity contribution in [2.24, 2.45) is 0 Å². The highest BCUT2D eigenvalue weighted by molar-refractivity contribution is 5.82. The molecule has 3 rings (SSSR count). The van der Waals surface area contributed by atoms with Gasteiger partial charge in [0.2, 0.25) is 5.91 Å². The summed E-state index contributed by atoms with van der Waals surface area (Å²) in [5, 5.41) is 3.18. The van der Waals surface area contributed by atoms with E-state index in [4.69, 9.17) is 0 Å². The van der Waals surface area contributed by atoms with Crippen LogP contribution in [0.1, 0.15) is 5.56 Å². The van der Waals surface area contributed by atoms with Gasteiger partial charge in [-0.3, -0.25) is 9.59 Å². The minimum Gasteiger partial charge on any atom is -0.354 e. The minimum atomic E-state index is -0.624. The topological polar surface area (TPSA) is 51.1 Å². The lowest BCUT2D eigenvalue weighted by molar-refractivity contribution is -0.121. The zero-order valence-corrected chi connectivity index (χ0v) is 13.3. The van der Waals surface area contributed by atoms with E-state index in [2.05, 4.69) is 5.32 Å². The number of para-hydroxylation sites is 1. The number of aromatic nitrogens is 1. The zero-order valence-electron chi connectivity index (χ0n) is 13.3. The van der Waals surface area contributed by atoms with Crippen LogP contribution in [0.5, 0.6) is 0 Å². The Balaban J connectivity index is 1.66. The molecule has 0 bridgehead atoms. The van der Waals surface area contributed by atoms with E-state index in [1.807, 2.05) is 0 Å². The average Bonchev–Trinajstić information content (AvgIpc) is 2.60. The standard InChI is InChI=1S/C19H16F2N2O2/c20-15-5-3-6-16(21)13(15)8-10-22-19(25)12-23-11-9-18(24)14-4-1-2-7-17(14)23/h1-7,9,11H,8,10,12H2,(H,22,25). The maximum atomic E-state index is 13.5. The third kappa shape index (κ3) is 3.74. The van der Waals surface area contributed by atoms with Crippen molar-refractivity contribution in [2.45, 2.75) is 13.0 Å². The highest BCUT2D eigenvalue weighted by Gasteiger charge is 2.10. The van der Waals surface area contributed by atoms with Crippen molar-refractivity contribution < 1.29 is 13.6 Å². The van der Waals surface area contributed by atoms with Gasteiger partial charge in [-0.15, -0.1) is 0 Å². The summed E-state index contributed by atoms with van der Waals surface area (Å²) in [6.07, 6.45) is 1.62. The van der Waals surface area contributed by atoms with Gasteiger partial charge in [0.05, 0.1) is 5.52 Å². The van der Waals surface area contributed by atoms with Crippen LogP contribution in [-0.4, -0.2) is 17.0 Å². The normalized spacial score (nSPS) is 10.8. The molecule has 0 saturated heterocycles. The van der Waals surface area contributed by atoms with Gasteiger partial charge in [-0.1, -0.05) is 18.2 Å². The van der Waals surface area contributed by atoms with Crippen LogP contribution >= 0.6 is 0 Å². The summed E-state index contributed by atoms with van der Waals surface area (Å²) in [5.74, 6) is -1.55. The Morgan fingerprint density at radius 2 is 1.72 bits per heavy atom. The fraction of sp³-hybridized carbons (Fsp3) is 0.158. The monoisotopic (exact) mass is 342 g/mol. The summed E-state index contributed by atoms with van der Waals surface area (Å²) in [4.78, 5) is 23.9. The van der Waals surface area contributed by atoms with Gasteiger partial charge >= 0.3 is 0 Å². The van der Waals surface area contributed by atoms with Gasteiger partial charge in [0.25, 0.3) is 0 Å². The number of carbonyl (C=O) groups is 1. The SMILES string of the molecule is O=C(Cn1ccc(=O)c2ccccc21)NCCc1c(F)cccc1F. The molecule has 1 N–H and O–H groups in total. The molecule has 0 radical (unpaired) electrons. The predicted molar refractivity (Wildman–Crippen MR) is 91.3 cm³/mol. The van der Waals surface area contributed by atoms with Crippen LogP contribution in [0.3, 0.4) is 0 Å². The second kappa shape index (κ2) is 7.25. The number of hydrogen-bond acceptors (Lipinski definition) is 2. The zero-order chi connectivity index (χ0) is 17.8. The van der Waals surface area contributed by atoms with Gasteiger partial charge in [0, 0.05) is 29.8 Å². The molecule has 0 fully saturated rings. The first-order chi connectivity index (χ1) is 12.1. The number of carbonyl (C=O) groups excluding carboxylic acids is 1. The van der Waals surface area contributed by atoms with Crippen LogP contribution in [-0.2, 0) is 17.8 Å². The summed E-state index contributed by atoms with van der Waals surface area (Å²) < 4.78 is 28.8. The summed E-state index contributed by atoms with van der Waals surface area (Å²) in [5.41, 5.74) is 0.504. The van der Waals surface area contributed by atoms with Gasteiger partial charge in [0.15, 0.2) is 5.43 Å². The molecule has 0 aliphatic rings. The molecule has 1 amide bonds. The summed E-state index contributed by atoms with van der Waals surface area (Å²) >= 11 is 0. The summed E-state index contributed by atoms with van der Waals surface area (Å²) in [6, 6.07) is 12.1. The van der Waals surface area contributed by atoms with Crippen LogP contribution in [0.25, 0.3) is 10.9 Å². The predicted octanol–water partition coefficient (Wildman–Crippen LogP) is 2.64. The quantitative estimate of drug-likeness (QED) is 0.775. The highest BCUT2D eigenvalue weighted by atomic mass is 19.1.